The minimum absolute atomic E-state index is 0.0963. The Bertz CT molecular complexity index is 192. The lowest BCUT2D eigenvalue weighted by Gasteiger charge is -2.35. The van der Waals surface area contributed by atoms with E-state index in [4.69, 9.17) is 4.74 Å². The molecule has 88 valence electrons. The third kappa shape index (κ3) is 3.11. The standard InChI is InChI=1S/C12H22O2S/c1-9-3-2-4-10(7-9)12(13)11-8-15-6-5-14-11/h9-13H,2-8H2,1H3. The molecule has 1 aliphatic carbocycles. The van der Waals surface area contributed by atoms with Crippen molar-refractivity contribution in [2.24, 2.45) is 11.8 Å². The number of hydrogen-bond acceptors (Lipinski definition) is 3. The van der Waals surface area contributed by atoms with Crippen LogP contribution in [0.25, 0.3) is 0 Å². The van der Waals surface area contributed by atoms with E-state index in [1.807, 2.05) is 11.8 Å². The summed E-state index contributed by atoms with van der Waals surface area (Å²) in [5, 5.41) is 10.3. The Hall–Kier alpha value is 0.270. The van der Waals surface area contributed by atoms with Gasteiger partial charge >= 0.3 is 0 Å². The molecule has 1 saturated heterocycles. The van der Waals surface area contributed by atoms with Gasteiger partial charge in [-0.3, -0.25) is 0 Å². The van der Waals surface area contributed by atoms with Crippen molar-refractivity contribution in [1.29, 1.82) is 0 Å². The summed E-state index contributed by atoms with van der Waals surface area (Å²) >= 11 is 1.91. The molecular weight excluding hydrogens is 208 g/mol. The van der Waals surface area contributed by atoms with Crippen LogP contribution in [0, 0.1) is 11.8 Å². The van der Waals surface area contributed by atoms with E-state index in [0.717, 1.165) is 24.0 Å². The minimum Gasteiger partial charge on any atom is -0.390 e. The highest BCUT2D eigenvalue weighted by Gasteiger charge is 2.32. The van der Waals surface area contributed by atoms with E-state index in [0.29, 0.717) is 5.92 Å². The molecule has 4 atom stereocenters. The van der Waals surface area contributed by atoms with Gasteiger partial charge in [-0.1, -0.05) is 19.8 Å². The lowest BCUT2D eigenvalue weighted by atomic mass is 9.78. The monoisotopic (exact) mass is 230 g/mol. The average molecular weight is 230 g/mol. The van der Waals surface area contributed by atoms with Gasteiger partial charge in [-0.05, 0) is 24.7 Å². The maximum Gasteiger partial charge on any atom is 0.0927 e. The number of thioether (sulfide) groups is 1. The smallest absolute Gasteiger partial charge is 0.0927 e. The van der Waals surface area contributed by atoms with Crippen molar-refractivity contribution in [3.05, 3.63) is 0 Å². The highest BCUT2D eigenvalue weighted by atomic mass is 32.2. The zero-order valence-corrected chi connectivity index (χ0v) is 10.3. The fraction of sp³-hybridized carbons (Fsp3) is 1.00. The van der Waals surface area contributed by atoms with Crippen molar-refractivity contribution in [2.45, 2.75) is 44.8 Å². The summed E-state index contributed by atoms with van der Waals surface area (Å²) in [6.07, 6.45) is 4.87. The van der Waals surface area contributed by atoms with E-state index in [-0.39, 0.29) is 12.2 Å². The maximum absolute atomic E-state index is 10.3. The van der Waals surface area contributed by atoms with E-state index < -0.39 is 0 Å². The molecule has 1 heterocycles. The average Bonchev–Trinajstić information content (AvgIpc) is 2.29. The van der Waals surface area contributed by atoms with E-state index in [1.54, 1.807) is 0 Å². The van der Waals surface area contributed by atoms with Crippen molar-refractivity contribution < 1.29 is 9.84 Å². The quantitative estimate of drug-likeness (QED) is 0.789. The van der Waals surface area contributed by atoms with Crippen molar-refractivity contribution in [3.8, 4) is 0 Å². The second-order valence-electron chi connectivity index (χ2n) is 5.01. The van der Waals surface area contributed by atoms with Crippen molar-refractivity contribution >= 4 is 11.8 Å². The zero-order valence-electron chi connectivity index (χ0n) is 9.52. The molecule has 0 aromatic rings. The van der Waals surface area contributed by atoms with Crippen molar-refractivity contribution in [1.82, 2.24) is 0 Å². The van der Waals surface area contributed by atoms with Crippen LogP contribution in [0.15, 0.2) is 0 Å². The van der Waals surface area contributed by atoms with Crippen LogP contribution < -0.4 is 0 Å². The van der Waals surface area contributed by atoms with E-state index in [9.17, 15) is 5.11 Å². The van der Waals surface area contributed by atoms with Crippen LogP contribution in [-0.2, 0) is 4.74 Å². The fourth-order valence-electron chi connectivity index (χ4n) is 2.80. The summed E-state index contributed by atoms with van der Waals surface area (Å²) in [5.41, 5.74) is 0. The van der Waals surface area contributed by atoms with Crippen LogP contribution in [0.2, 0.25) is 0 Å². The molecule has 0 bridgehead atoms. The highest BCUT2D eigenvalue weighted by Crippen LogP contribution is 2.33. The molecule has 0 radical (unpaired) electrons. The Morgan fingerprint density at radius 2 is 2.27 bits per heavy atom. The van der Waals surface area contributed by atoms with E-state index in [1.165, 1.54) is 25.7 Å². The predicted octanol–water partition coefficient (Wildman–Crippen LogP) is 2.31. The topological polar surface area (TPSA) is 29.5 Å². The Balaban J connectivity index is 1.85. The number of ether oxygens (including phenoxy) is 1. The van der Waals surface area contributed by atoms with Crippen LogP contribution >= 0.6 is 11.8 Å². The Morgan fingerprint density at radius 1 is 1.40 bits per heavy atom. The molecule has 1 saturated carbocycles. The van der Waals surface area contributed by atoms with Gasteiger partial charge in [-0.25, -0.2) is 0 Å². The lowest BCUT2D eigenvalue weighted by Crippen LogP contribution is -2.41. The van der Waals surface area contributed by atoms with Crippen LogP contribution in [-0.4, -0.2) is 35.4 Å². The Morgan fingerprint density at radius 3 is 2.93 bits per heavy atom. The Kier molecular flexibility index (Phi) is 4.35. The summed E-state index contributed by atoms with van der Waals surface area (Å²) in [4.78, 5) is 0. The fourth-order valence-corrected chi connectivity index (χ4v) is 3.70. The van der Waals surface area contributed by atoms with Gasteiger partial charge in [0, 0.05) is 11.5 Å². The van der Waals surface area contributed by atoms with Crippen LogP contribution in [0.3, 0.4) is 0 Å². The minimum atomic E-state index is -0.222. The summed E-state index contributed by atoms with van der Waals surface area (Å²) in [7, 11) is 0. The third-order valence-electron chi connectivity index (χ3n) is 3.68. The molecule has 3 heteroatoms. The van der Waals surface area contributed by atoms with E-state index >= 15 is 0 Å². The van der Waals surface area contributed by atoms with Crippen LogP contribution in [0.4, 0.5) is 0 Å². The summed E-state index contributed by atoms with van der Waals surface area (Å²) in [6, 6.07) is 0. The number of hydrogen-bond donors (Lipinski definition) is 1. The van der Waals surface area contributed by atoms with Gasteiger partial charge in [0.2, 0.25) is 0 Å². The number of aliphatic hydroxyl groups is 1. The number of rotatable bonds is 2. The van der Waals surface area contributed by atoms with Gasteiger partial charge in [-0.15, -0.1) is 0 Å². The second kappa shape index (κ2) is 5.55. The SMILES string of the molecule is CC1CCCC(C(O)C2CSCCO2)C1. The first-order valence-corrected chi connectivity index (χ1v) is 7.30. The van der Waals surface area contributed by atoms with Crippen molar-refractivity contribution in [2.75, 3.05) is 18.1 Å². The molecule has 0 spiro atoms. The van der Waals surface area contributed by atoms with Gasteiger partial charge < -0.3 is 9.84 Å². The molecular formula is C12H22O2S. The van der Waals surface area contributed by atoms with Gasteiger partial charge in [0.1, 0.15) is 0 Å². The van der Waals surface area contributed by atoms with Crippen LogP contribution in [0.1, 0.15) is 32.6 Å². The summed E-state index contributed by atoms with van der Waals surface area (Å²) in [5.74, 6) is 3.34. The third-order valence-corrected chi connectivity index (χ3v) is 4.70. The van der Waals surface area contributed by atoms with E-state index in [2.05, 4.69) is 6.92 Å². The molecule has 1 aliphatic heterocycles. The molecule has 2 fully saturated rings. The number of aliphatic hydroxyl groups excluding tert-OH is 1. The Labute approximate surface area is 96.8 Å². The van der Waals surface area contributed by atoms with Gasteiger partial charge in [0.15, 0.2) is 0 Å². The maximum atomic E-state index is 10.3. The molecule has 2 rings (SSSR count). The molecule has 15 heavy (non-hydrogen) atoms. The van der Waals surface area contributed by atoms with Crippen LogP contribution in [0.5, 0.6) is 0 Å². The van der Waals surface area contributed by atoms with Gasteiger partial charge in [-0.2, -0.15) is 11.8 Å². The molecule has 0 aromatic heterocycles. The first kappa shape index (κ1) is 11.7. The van der Waals surface area contributed by atoms with Gasteiger partial charge in [0.25, 0.3) is 0 Å². The molecule has 1 N–H and O–H groups in total. The zero-order chi connectivity index (χ0) is 10.7. The molecule has 0 aromatic carbocycles. The first-order chi connectivity index (χ1) is 7.27. The molecule has 0 amide bonds. The highest BCUT2D eigenvalue weighted by molar-refractivity contribution is 7.99. The second-order valence-corrected chi connectivity index (χ2v) is 6.16. The largest absolute Gasteiger partial charge is 0.390 e. The van der Waals surface area contributed by atoms with Gasteiger partial charge in [0.05, 0.1) is 18.8 Å². The molecule has 2 nitrogen and oxygen atoms in total. The normalized spacial score (nSPS) is 40.0. The predicted molar refractivity (Wildman–Crippen MR) is 64.2 cm³/mol. The summed E-state index contributed by atoms with van der Waals surface area (Å²) < 4.78 is 5.66. The lowest BCUT2D eigenvalue weighted by molar-refractivity contribution is -0.0587. The van der Waals surface area contributed by atoms with Crippen molar-refractivity contribution in [3.63, 3.8) is 0 Å². The first-order valence-electron chi connectivity index (χ1n) is 6.15. The molecule has 4 unspecified atom stereocenters. The molecule has 2 aliphatic rings. The summed E-state index contributed by atoms with van der Waals surface area (Å²) in [6.45, 7) is 3.12.